The number of morpholine rings is 1. The molecule has 0 N–H and O–H groups in total. The maximum Gasteiger partial charge on any atom is 0.257 e. The fourth-order valence-electron chi connectivity index (χ4n) is 4.85. The Hall–Kier alpha value is -2.90. The second kappa shape index (κ2) is 9.30. The number of nitrogens with zero attached hydrogens (tertiary/aromatic N) is 5. The highest BCUT2D eigenvalue weighted by atomic mass is 16.5. The number of benzene rings is 1. The molecule has 2 aromatic heterocycles. The minimum Gasteiger partial charge on any atom is -0.378 e. The average molecular weight is 432 g/mol. The van der Waals surface area contributed by atoms with Gasteiger partial charge < -0.3 is 9.64 Å². The largest absolute Gasteiger partial charge is 0.378 e. The fourth-order valence-corrected chi connectivity index (χ4v) is 4.85. The van der Waals surface area contributed by atoms with Gasteiger partial charge >= 0.3 is 0 Å². The van der Waals surface area contributed by atoms with Crippen LogP contribution in [0.15, 0.2) is 42.7 Å². The number of likely N-dealkylation sites (tertiary alicyclic amines) is 1. The number of aryl methyl sites for hydroxylation is 1. The van der Waals surface area contributed by atoms with Gasteiger partial charge in [-0.1, -0.05) is 30.7 Å². The maximum atomic E-state index is 13.4. The zero-order valence-corrected chi connectivity index (χ0v) is 18.5. The quantitative estimate of drug-likeness (QED) is 0.629. The van der Waals surface area contributed by atoms with Crippen molar-refractivity contribution in [2.45, 2.75) is 38.8 Å². The lowest BCUT2D eigenvalue weighted by Crippen LogP contribution is -2.42. The molecule has 32 heavy (non-hydrogen) atoms. The molecule has 0 saturated carbocycles. The Kier molecular flexibility index (Phi) is 6.10. The number of carbonyl (C=O) groups excluding carboxylic acids is 1. The highest BCUT2D eigenvalue weighted by Crippen LogP contribution is 2.34. The third kappa shape index (κ3) is 4.23. The van der Waals surface area contributed by atoms with Gasteiger partial charge in [0.1, 0.15) is 5.82 Å². The average Bonchev–Trinajstić information content (AvgIpc) is 2.85. The molecular weight excluding hydrogens is 402 g/mol. The highest BCUT2D eigenvalue weighted by molar-refractivity contribution is 5.95. The molecule has 2 fully saturated rings. The van der Waals surface area contributed by atoms with Crippen molar-refractivity contribution in [1.29, 1.82) is 0 Å². The maximum absolute atomic E-state index is 13.4. The lowest BCUT2D eigenvalue weighted by Gasteiger charge is -2.37. The van der Waals surface area contributed by atoms with E-state index in [0.717, 1.165) is 48.9 Å². The van der Waals surface area contributed by atoms with Crippen molar-refractivity contribution in [3.05, 3.63) is 65.4 Å². The van der Waals surface area contributed by atoms with Gasteiger partial charge in [-0.05, 0) is 37.9 Å². The molecule has 0 bridgehead atoms. The molecule has 4 heterocycles. The topological polar surface area (TPSA) is 71.5 Å². The zero-order chi connectivity index (χ0) is 21.9. The van der Waals surface area contributed by atoms with E-state index in [1.165, 1.54) is 5.56 Å². The summed E-state index contributed by atoms with van der Waals surface area (Å²) in [4.78, 5) is 31.5. The fraction of sp³-hybridized carbons (Fsp3) is 0.440. The van der Waals surface area contributed by atoms with Crippen LogP contribution < -0.4 is 0 Å². The van der Waals surface area contributed by atoms with Gasteiger partial charge in [0.2, 0.25) is 0 Å². The van der Waals surface area contributed by atoms with Crippen molar-refractivity contribution in [2.75, 3.05) is 32.8 Å². The molecule has 3 aromatic rings. The number of hydrogen-bond acceptors (Lipinski definition) is 6. The smallest absolute Gasteiger partial charge is 0.257 e. The number of ether oxygens (including phenoxy) is 1. The van der Waals surface area contributed by atoms with E-state index in [1.54, 1.807) is 6.20 Å². The number of hydrogen-bond donors (Lipinski definition) is 0. The summed E-state index contributed by atoms with van der Waals surface area (Å²) in [6.45, 7) is 6.04. The monoisotopic (exact) mass is 431 g/mol. The SMILES string of the molecule is Cc1ncc(C(=O)N2CCOCC2)c([C@@H]2CCCCN2Cc2cccc3cccnc23)n1. The summed E-state index contributed by atoms with van der Waals surface area (Å²) in [6, 6.07) is 10.5. The van der Waals surface area contributed by atoms with Gasteiger partial charge in [0.15, 0.2) is 0 Å². The van der Waals surface area contributed by atoms with E-state index in [4.69, 9.17) is 9.72 Å². The zero-order valence-electron chi connectivity index (χ0n) is 18.5. The predicted molar refractivity (Wildman–Crippen MR) is 122 cm³/mol. The van der Waals surface area contributed by atoms with Gasteiger partial charge in [-0.15, -0.1) is 0 Å². The Morgan fingerprint density at radius 1 is 1.09 bits per heavy atom. The first-order chi connectivity index (χ1) is 15.7. The first kappa shape index (κ1) is 21.0. The number of aromatic nitrogens is 3. The number of carbonyl (C=O) groups is 1. The van der Waals surface area contributed by atoms with Gasteiger partial charge in [0.25, 0.3) is 5.91 Å². The van der Waals surface area contributed by atoms with E-state index >= 15 is 0 Å². The van der Waals surface area contributed by atoms with Gasteiger partial charge in [-0.2, -0.15) is 0 Å². The summed E-state index contributed by atoms with van der Waals surface area (Å²) in [6.07, 6.45) is 6.83. The summed E-state index contributed by atoms with van der Waals surface area (Å²) in [5.74, 6) is 0.719. The van der Waals surface area contributed by atoms with Crippen LogP contribution in [0.3, 0.4) is 0 Å². The van der Waals surface area contributed by atoms with Crippen LogP contribution >= 0.6 is 0 Å². The Bertz CT molecular complexity index is 1110. The lowest BCUT2D eigenvalue weighted by molar-refractivity contribution is 0.0298. The van der Waals surface area contributed by atoms with Gasteiger partial charge in [-0.3, -0.25) is 14.7 Å². The van der Waals surface area contributed by atoms with Crippen LogP contribution in [0.2, 0.25) is 0 Å². The van der Waals surface area contributed by atoms with Gasteiger partial charge in [0, 0.05) is 37.4 Å². The van der Waals surface area contributed by atoms with Crippen molar-refractivity contribution >= 4 is 16.8 Å². The second-order valence-electron chi connectivity index (χ2n) is 8.60. The van der Waals surface area contributed by atoms with E-state index < -0.39 is 0 Å². The number of amides is 1. The van der Waals surface area contributed by atoms with Crippen molar-refractivity contribution < 1.29 is 9.53 Å². The molecule has 1 aromatic carbocycles. The van der Waals surface area contributed by atoms with Crippen LogP contribution in [0.4, 0.5) is 0 Å². The molecule has 2 saturated heterocycles. The van der Waals surface area contributed by atoms with Crippen LogP contribution in [0.5, 0.6) is 0 Å². The molecule has 1 amide bonds. The first-order valence-corrected chi connectivity index (χ1v) is 11.5. The van der Waals surface area contributed by atoms with Gasteiger partial charge in [-0.25, -0.2) is 9.97 Å². The number of fused-ring (bicyclic) bond motifs is 1. The molecule has 7 heteroatoms. The number of para-hydroxylation sites is 1. The molecular formula is C25H29N5O2. The molecule has 2 aliphatic rings. The molecule has 0 radical (unpaired) electrons. The van der Waals surface area contributed by atoms with Crippen molar-refractivity contribution in [3.8, 4) is 0 Å². The van der Waals surface area contributed by atoms with Crippen LogP contribution in [-0.4, -0.2) is 63.5 Å². The van der Waals surface area contributed by atoms with E-state index in [2.05, 4.69) is 39.1 Å². The number of rotatable bonds is 4. The first-order valence-electron chi connectivity index (χ1n) is 11.5. The minimum atomic E-state index is 0.0145. The van der Waals surface area contributed by atoms with E-state index in [0.29, 0.717) is 37.7 Å². The van der Waals surface area contributed by atoms with Crippen molar-refractivity contribution in [2.24, 2.45) is 0 Å². The van der Waals surface area contributed by atoms with E-state index in [-0.39, 0.29) is 11.9 Å². The molecule has 0 spiro atoms. The highest BCUT2D eigenvalue weighted by Gasteiger charge is 2.31. The van der Waals surface area contributed by atoms with Crippen LogP contribution in [0.25, 0.3) is 10.9 Å². The summed E-state index contributed by atoms with van der Waals surface area (Å²) in [5, 5.41) is 1.15. The molecule has 2 aliphatic heterocycles. The standard InChI is InChI=1S/C25H29N5O2/c1-18-27-16-21(25(31)29-12-14-32-15-13-29)24(28-18)22-9-2-3-11-30(22)17-20-7-4-6-19-8-5-10-26-23(19)20/h4-8,10,16,22H,2-3,9,11-15,17H2,1H3/t22-/m0/s1. The second-order valence-corrected chi connectivity index (χ2v) is 8.60. The van der Waals surface area contributed by atoms with Crippen LogP contribution in [-0.2, 0) is 11.3 Å². The third-order valence-electron chi connectivity index (χ3n) is 6.49. The van der Waals surface area contributed by atoms with Gasteiger partial charge in [0.05, 0.1) is 36.0 Å². The summed E-state index contributed by atoms with van der Waals surface area (Å²) in [5.41, 5.74) is 3.75. The van der Waals surface area contributed by atoms with E-state index in [1.807, 2.05) is 24.1 Å². The number of piperidine rings is 1. The van der Waals surface area contributed by atoms with Crippen molar-refractivity contribution in [3.63, 3.8) is 0 Å². The minimum absolute atomic E-state index is 0.0145. The van der Waals surface area contributed by atoms with E-state index in [9.17, 15) is 4.79 Å². The van der Waals surface area contributed by atoms with Crippen LogP contribution in [0, 0.1) is 6.92 Å². The summed E-state index contributed by atoms with van der Waals surface area (Å²) in [7, 11) is 0. The number of pyridine rings is 1. The molecule has 0 aliphatic carbocycles. The summed E-state index contributed by atoms with van der Waals surface area (Å²) >= 11 is 0. The van der Waals surface area contributed by atoms with Crippen molar-refractivity contribution in [1.82, 2.24) is 24.8 Å². The van der Waals surface area contributed by atoms with Crippen LogP contribution in [0.1, 0.15) is 52.7 Å². The Morgan fingerprint density at radius 2 is 1.94 bits per heavy atom. The Morgan fingerprint density at radius 3 is 2.81 bits per heavy atom. The normalized spacial score (nSPS) is 19.9. The molecule has 5 rings (SSSR count). The molecule has 0 unspecified atom stereocenters. The molecule has 166 valence electrons. The molecule has 1 atom stereocenters. The predicted octanol–water partition coefficient (Wildman–Crippen LogP) is 3.53. The Labute approximate surface area is 188 Å². The summed E-state index contributed by atoms with van der Waals surface area (Å²) < 4.78 is 5.43. The Balaban J connectivity index is 1.48. The lowest BCUT2D eigenvalue weighted by atomic mass is 9.95. The third-order valence-corrected chi connectivity index (χ3v) is 6.49. The molecule has 7 nitrogen and oxygen atoms in total.